The molecule has 0 unspecified atom stereocenters. The molecule has 0 aliphatic heterocycles. The third-order valence-electron chi connectivity index (χ3n) is 5.45. The monoisotopic (exact) mass is 439 g/mol. The number of ether oxygens (including phenoxy) is 1. The molecule has 0 saturated heterocycles. The molecule has 0 atom stereocenters. The molecule has 0 aliphatic carbocycles. The zero-order valence-electron chi connectivity index (χ0n) is 18.4. The molecular formula is C23H29N5O4. The molecule has 0 spiro atoms. The average Bonchev–Trinajstić information content (AvgIpc) is 3.13. The van der Waals surface area contributed by atoms with E-state index in [4.69, 9.17) is 14.9 Å². The van der Waals surface area contributed by atoms with Gasteiger partial charge in [-0.3, -0.25) is 4.79 Å². The van der Waals surface area contributed by atoms with Crippen LogP contribution in [0.2, 0.25) is 0 Å². The van der Waals surface area contributed by atoms with E-state index in [1.807, 2.05) is 26.2 Å². The summed E-state index contributed by atoms with van der Waals surface area (Å²) in [6.07, 6.45) is 0. The fourth-order valence-corrected chi connectivity index (χ4v) is 3.95. The normalized spacial score (nSPS) is 12.0. The number of phenols is 1. The summed E-state index contributed by atoms with van der Waals surface area (Å²) in [5.41, 5.74) is 2.66. The predicted molar refractivity (Wildman–Crippen MR) is 126 cm³/mol. The van der Waals surface area contributed by atoms with Crippen molar-refractivity contribution < 1.29 is 14.9 Å². The van der Waals surface area contributed by atoms with Gasteiger partial charge in [0.1, 0.15) is 5.75 Å². The van der Waals surface area contributed by atoms with Crippen LogP contribution in [0.1, 0.15) is 5.69 Å². The van der Waals surface area contributed by atoms with Crippen LogP contribution in [0.3, 0.4) is 0 Å². The van der Waals surface area contributed by atoms with E-state index in [0.29, 0.717) is 43.8 Å². The number of benzene rings is 2. The van der Waals surface area contributed by atoms with E-state index in [-0.39, 0.29) is 23.2 Å². The van der Waals surface area contributed by atoms with Crippen molar-refractivity contribution in [1.29, 1.82) is 0 Å². The number of aliphatic hydroxyl groups excluding tert-OH is 1. The molecule has 0 aliphatic rings. The van der Waals surface area contributed by atoms with E-state index in [1.54, 1.807) is 16.6 Å². The van der Waals surface area contributed by atoms with Gasteiger partial charge in [-0.2, -0.15) is 5.10 Å². The predicted octanol–water partition coefficient (Wildman–Crippen LogP) is 1.22. The number of nitrogens with zero attached hydrogens (tertiary/aromatic N) is 3. The lowest BCUT2D eigenvalue weighted by Gasteiger charge is -2.14. The van der Waals surface area contributed by atoms with Gasteiger partial charge in [-0.1, -0.05) is 6.07 Å². The molecule has 0 radical (unpaired) electrons. The lowest BCUT2D eigenvalue weighted by atomic mass is 10.0. The number of aromatic hydroxyl groups is 1. The van der Waals surface area contributed by atoms with Crippen molar-refractivity contribution in [1.82, 2.24) is 19.8 Å². The highest BCUT2D eigenvalue weighted by Crippen LogP contribution is 2.33. The van der Waals surface area contributed by atoms with E-state index < -0.39 is 0 Å². The van der Waals surface area contributed by atoms with Crippen molar-refractivity contribution in [3.63, 3.8) is 0 Å². The number of aromatic nitrogens is 2. The summed E-state index contributed by atoms with van der Waals surface area (Å²) in [5, 5.41) is 32.4. The zero-order valence-corrected chi connectivity index (χ0v) is 18.4. The van der Waals surface area contributed by atoms with Gasteiger partial charge >= 0.3 is 0 Å². The molecule has 170 valence electrons. The molecule has 4 N–H and O–H groups in total. The molecule has 4 aromatic rings. The van der Waals surface area contributed by atoms with Crippen LogP contribution in [-0.2, 0) is 11.3 Å². The SMILES string of the molecule is CN(C)CCNc1ccc2c(CNCCOCCO)nn3c4cccc(O)c4c(=O)c1c23. The molecule has 9 heteroatoms. The molecule has 2 aromatic heterocycles. The van der Waals surface area contributed by atoms with E-state index in [1.165, 1.54) is 6.07 Å². The van der Waals surface area contributed by atoms with Gasteiger partial charge in [-0.05, 0) is 38.4 Å². The van der Waals surface area contributed by atoms with Crippen LogP contribution in [0.25, 0.3) is 27.2 Å². The number of rotatable bonds is 11. The minimum atomic E-state index is -0.208. The Balaban J connectivity index is 1.79. The molecule has 0 saturated carbocycles. The Morgan fingerprint density at radius 2 is 1.97 bits per heavy atom. The van der Waals surface area contributed by atoms with Crippen LogP contribution in [0, 0.1) is 0 Å². The number of aliphatic hydroxyl groups is 1. The highest BCUT2D eigenvalue weighted by Gasteiger charge is 2.21. The highest BCUT2D eigenvalue weighted by molar-refractivity contribution is 6.09. The van der Waals surface area contributed by atoms with Crippen LogP contribution in [0.15, 0.2) is 35.1 Å². The summed E-state index contributed by atoms with van der Waals surface area (Å²) in [6.45, 7) is 3.42. The van der Waals surface area contributed by atoms with Crippen molar-refractivity contribution in [2.24, 2.45) is 0 Å². The molecule has 2 aromatic carbocycles. The Hall–Kier alpha value is -2.98. The first kappa shape index (κ1) is 22.2. The molecule has 2 heterocycles. The van der Waals surface area contributed by atoms with E-state index >= 15 is 0 Å². The number of likely N-dealkylation sites (N-methyl/N-ethyl adjacent to an activating group) is 1. The van der Waals surface area contributed by atoms with Gasteiger partial charge in [-0.25, -0.2) is 4.52 Å². The maximum atomic E-state index is 13.5. The van der Waals surface area contributed by atoms with Gasteiger partial charge in [0.2, 0.25) is 5.43 Å². The Kier molecular flexibility index (Phi) is 6.71. The molecule has 0 amide bonds. The fourth-order valence-electron chi connectivity index (χ4n) is 3.95. The number of hydrogen-bond acceptors (Lipinski definition) is 8. The smallest absolute Gasteiger partial charge is 0.203 e. The second-order valence-corrected chi connectivity index (χ2v) is 7.99. The first-order chi connectivity index (χ1) is 15.5. The minimum Gasteiger partial charge on any atom is -0.507 e. The zero-order chi connectivity index (χ0) is 22.7. The van der Waals surface area contributed by atoms with Gasteiger partial charge in [0.25, 0.3) is 0 Å². The van der Waals surface area contributed by atoms with E-state index in [0.717, 1.165) is 28.8 Å². The van der Waals surface area contributed by atoms with Crippen molar-refractivity contribution in [3.05, 3.63) is 46.2 Å². The third kappa shape index (κ3) is 4.20. The van der Waals surface area contributed by atoms with Gasteiger partial charge in [0.15, 0.2) is 0 Å². The maximum absolute atomic E-state index is 13.5. The first-order valence-electron chi connectivity index (χ1n) is 10.7. The number of nitrogens with one attached hydrogen (secondary N) is 2. The van der Waals surface area contributed by atoms with Crippen LogP contribution in [-0.4, -0.2) is 78.3 Å². The fraction of sp³-hybridized carbons (Fsp3) is 0.391. The van der Waals surface area contributed by atoms with Crippen molar-refractivity contribution >= 4 is 32.9 Å². The topological polar surface area (TPSA) is 111 Å². The Morgan fingerprint density at radius 1 is 1.12 bits per heavy atom. The number of anilines is 1. The number of pyridine rings is 1. The van der Waals surface area contributed by atoms with Crippen LogP contribution in [0.5, 0.6) is 5.75 Å². The van der Waals surface area contributed by atoms with Crippen molar-refractivity contribution in [2.45, 2.75) is 6.54 Å². The van der Waals surface area contributed by atoms with Crippen LogP contribution < -0.4 is 16.1 Å². The highest BCUT2D eigenvalue weighted by atomic mass is 16.5. The largest absolute Gasteiger partial charge is 0.507 e. The molecule has 9 nitrogen and oxygen atoms in total. The summed E-state index contributed by atoms with van der Waals surface area (Å²) in [6, 6.07) is 8.94. The summed E-state index contributed by atoms with van der Waals surface area (Å²) < 4.78 is 7.05. The lowest BCUT2D eigenvalue weighted by Crippen LogP contribution is -2.21. The van der Waals surface area contributed by atoms with E-state index in [9.17, 15) is 9.90 Å². The molecule has 32 heavy (non-hydrogen) atoms. The summed E-state index contributed by atoms with van der Waals surface area (Å²) in [7, 11) is 4.00. The lowest BCUT2D eigenvalue weighted by molar-refractivity contribution is 0.0937. The summed E-state index contributed by atoms with van der Waals surface area (Å²) in [4.78, 5) is 15.6. The standard InChI is InChI=1S/C23H29N5O4/c1-27(2)10-8-25-16-7-6-15-17(14-24-9-12-32-13-11-29)26-28-18-4-3-5-19(30)21(18)23(31)20(16)22(15)28/h3-7,24-25,29-30H,8-14H2,1-2H3. The third-order valence-corrected chi connectivity index (χ3v) is 5.45. The molecule has 4 rings (SSSR count). The Labute approximate surface area is 185 Å². The Morgan fingerprint density at radius 3 is 2.75 bits per heavy atom. The van der Waals surface area contributed by atoms with Gasteiger partial charge in [-0.15, -0.1) is 0 Å². The maximum Gasteiger partial charge on any atom is 0.203 e. The van der Waals surface area contributed by atoms with Crippen LogP contribution in [0.4, 0.5) is 5.69 Å². The first-order valence-corrected chi connectivity index (χ1v) is 10.7. The quantitative estimate of drug-likeness (QED) is 0.204. The number of phenolic OH excluding ortho intramolecular Hbond substituents is 1. The molecule has 0 fully saturated rings. The second kappa shape index (κ2) is 9.66. The number of fused-ring (bicyclic) bond motifs is 2. The van der Waals surface area contributed by atoms with Gasteiger partial charge in [0, 0.05) is 37.3 Å². The minimum absolute atomic E-state index is 0.00299. The van der Waals surface area contributed by atoms with Crippen molar-refractivity contribution in [2.75, 3.05) is 58.9 Å². The van der Waals surface area contributed by atoms with Gasteiger partial charge < -0.3 is 30.5 Å². The summed E-state index contributed by atoms with van der Waals surface area (Å²) in [5.74, 6) is -0.0504. The average molecular weight is 440 g/mol. The molecule has 0 bridgehead atoms. The number of hydrogen-bond donors (Lipinski definition) is 4. The molecular weight excluding hydrogens is 410 g/mol. The van der Waals surface area contributed by atoms with Crippen LogP contribution >= 0.6 is 0 Å². The van der Waals surface area contributed by atoms with Crippen molar-refractivity contribution in [3.8, 4) is 5.75 Å². The summed E-state index contributed by atoms with van der Waals surface area (Å²) >= 11 is 0. The van der Waals surface area contributed by atoms with Gasteiger partial charge in [0.05, 0.1) is 47.3 Å². The second-order valence-electron chi connectivity index (χ2n) is 7.99. The Bertz CT molecular complexity index is 1270. The van der Waals surface area contributed by atoms with E-state index in [2.05, 4.69) is 15.5 Å².